The highest BCUT2D eigenvalue weighted by molar-refractivity contribution is 6.01. The van der Waals surface area contributed by atoms with Crippen molar-refractivity contribution in [3.63, 3.8) is 0 Å². The molecule has 2 N–H and O–H groups in total. The molecule has 0 spiro atoms. The van der Waals surface area contributed by atoms with Crippen molar-refractivity contribution in [3.05, 3.63) is 48.5 Å². The third kappa shape index (κ3) is 2.81. The maximum absolute atomic E-state index is 12.0. The number of H-pyrrole nitrogens is 1. The molecule has 1 amide bonds. The second-order valence-corrected chi connectivity index (χ2v) is 4.36. The Hall–Kier alpha value is -2.96. The molecule has 0 saturated heterocycles. The lowest BCUT2D eigenvalue weighted by Gasteiger charge is -2.04. The van der Waals surface area contributed by atoms with Gasteiger partial charge in [0.1, 0.15) is 5.82 Å². The number of nitrogens with zero attached hydrogens (tertiary/aromatic N) is 3. The molecule has 7 nitrogen and oxygen atoms in total. The molecule has 7 heteroatoms. The molecule has 0 aliphatic heterocycles. The van der Waals surface area contributed by atoms with Crippen molar-refractivity contribution in [1.29, 1.82) is 0 Å². The van der Waals surface area contributed by atoms with Gasteiger partial charge in [-0.1, -0.05) is 19.1 Å². The average molecular weight is 283 g/mol. The summed E-state index contributed by atoms with van der Waals surface area (Å²) in [5, 5.41) is 9.34. The Morgan fingerprint density at radius 2 is 2.33 bits per heavy atom. The molecule has 0 bridgehead atoms. The van der Waals surface area contributed by atoms with Gasteiger partial charge in [0.05, 0.1) is 6.20 Å². The number of hydrogen-bond acceptors (Lipinski definition) is 5. The smallest absolute Gasteiger partial charge is 0.295 e. The monoisotopic (exact) mass is 283 g/mol. The Bertz CT molecular complexity index is 748. The number of rotatable bonds is 4. The molecule has 3 rings (SSSR count). The second-order valence-electron chi connectivity index (χ2n) is 4.36. The second kappa shape index (κ2) is 5.58. The number of anilines is 1. The van der Waals surface area contributed by atoms with Crippen LogP contribution >= 0.6 is 0 Å². The van der Waals surface area contributed by atoms with Crippen LogP contribution in [0.25, 0.3) is 11.3 Å². The van der Waals surface area contributed by atoms with Crippen molar-refractivity contribution in [1.82, 2.24) is 20.2 Å². The van der Waals surface area contributed by atoms with E-state index in [9.17, 15) is 4.79 Å². The first kappa shape index (κ1) is 13.0. The summed E-state index contributed by atoms with van der Waals surface area (Å²) < 4.78 is 5.23. The molecule has 106 valence electrons. The van der Waals surface area contributed by atoms with Gasteiger partial charge in [0, 0.05) is 17.7 Å². The van der Waals surface area contributed by atoms with Crippen LogP contribution in [-0.4, -0.2) is 26.1 Å². The molecule has 2 aromatic heterocycles. The number of carbonyl (C=O) groups is 1. The van der Waals surface area contributed by atoms with Gasteiger partial charge in [-0.15, -0.1) is 5.10 Å². The highest BCUT2D eigenvalue weighted by Gasteiger charge is 2.12. The summed E-state index contributed by atoms with van der Waals surface area (Å²) in [4.78, 5) is 20.0. The fraction of sp³-hybridized carbons (Fsp3) is 0.143. The molecule has 0 aliphatic rings. The number of aromatic amines is 1. The predicted molar refractivity (Wildman–Crippen MR) is 75.7 cm³/mol. The number of oxazole rings is 1. The van der Waals surface area contributed by atoms with Gasteiger partial charge < -0.3 is 9.73 Å². The minimum Gasteiger partial charge on any atom is -0.444 e. The predicted octanol–water partition coefficient (Wildman–Crippen LogP) is 2.27. The molecule has 0 atom stereocenters. The topological polar surface area (TPSA) is 96.7 Å². The Morgan fingerprint density at radius 3 is 3.05 bits per heavy atom. The summed E-state index contributed by atoms with van der Waals surface area (Å²) in [5.74, 6) is 1.07. The van der Waals surface area contributed by atoms with Crippen LogP contribution in [0.5, 0.6) is 0 Å². The number of amides is 1. The molecule has 1 aromatic carbocycles. The van der Waals surface area contributed by atoms with E-state index in [4.69, 9.17) is 4.42 Å². The van der Waals surface area contributed by atoms with Crippen LogP contribution in [0.1, 0.15) is 23.4 Å². The van der Waals surface area contributed by atoms with Crippen LogP contribution in [-0.2, 0) is 6.42 Å². The number of aromatic nitrogens is 4. The van der Waals surface area contributed by atoms with Gasteiger partial charge in [-0.2, -0.15) is 0 Å². The van der Waals surface area contributed by atoms with Gasteiger partial charge in [-0.3, -0.25) is 9.89 Å². The fourth-order valence-corrected chi connectivity index (χ4v) is 1.85. The van der Waals surface area contributed by atoms with Crippen LogP contribution in [0, 0.1) is 0 Å². The highest BCUT2D eigenvalue weighted by Crippen LogP contribution is 2.22. The van der Waals surface area contributed by atoms with Crippen LogP contribution in [0.15, 0.2) is 41.3 Å². The average Bonchev–Trinajstić information content (AvgIpc) is 3.19. The van der Waals surface area contributed by atoms with Crippen LogP contribution in [0.4, 0.5) is 5.69 Å². The minimum atomic E-state index is -0.360. The highest BCUT2D eigenvalue weighted by atomic mass is 16.3. The third-order valence-corrected chi connectivity index (χ3v) is 2.91. The largest absolute Gasteiger partial charge is 0.444 e. The summed E-state index contributed by atoms with van der Waals surface area (Å²) >= 11 is 0. The van der Waals surface area contributed by atoms with E-state index in [-0.39, 0.29) is 11.7 Å². The maximum Gasteiger partial charge on any atom is 0.295 e. The zero-order valence-electron chi connectivity index (χ0n) is 11.3. The zero-order chi connectivity index (χ0) is 14.7. The molecule has 0 aliphatic carbocycles. The molecular weight excluding hydrogens is 270 g/mol. The molecule has 3 aromatic rings. The van der Waals surface area contributed by atoms with Crippen molar-refractivity contribution in [2.75, 3.05) is 5.32 Å². The summed E-state index contributed by atoms with van der Waals surface area (Å²) in [6.07, 6.45) is 3.67. The summed E-state index contributed by atoms with van der Waals surface area (Å²) in [7, 11) is 0. The van der Waals surface area contributed by atoms with Gasteiger partial charge in [-0.25, -0.2) is 9.97 Å². The Morgan fingerprint density at radius 1 is 1.43 bits per heavy atom. The van der Waals surface area contributed by atoms with E-state index in [0.29, 0.717) is 23.7 Å². The van der Waals surface area contributed by atoms with E-state index in [1.54, 1.807) is 18.3 Å². The SMILES string of the molecule is CCc1nc(C(=O)Nc2cccc(-c3cnco3)c2)n[nH]1. The number of nitrogens with one attached hydrogen (secondary N) is 2. The Kier molecular flexibility index (Phi) is 3.46. The quantitative estimate of drug-likeness (QED) is 0.765. The minimum absolute atomic E-state index is 0.122. The maximum atomic E-state index is 12.0. The van der Waals surface area contributed by atoms with E-state index in [1.165, 1.54) is 6.39 Å². The van der Waals surface area contributed by atoms with Crippen molar-refractivity contribution < 1.29 is 9.21 Å². The van der Waals surface area contributed by atoms with E-state index in [1.807, 2.05) is 19.1 Å². The number of hydrogen-bond donors (Lipinski definition) is 2. The lowest BCUT2D eigenvalue weighted by molar-refractivity contribution is 0.101. The Balaban J connectivity index is 1.78. The van der Waals surface area contributed by atoms with Crippen molar-refractivity contribution >= 4 is 11.6 Å². The Labute approximate surface area is 120 Å². The van der Waals surface area contributed by atoms with E-state index < -0.39 is 0 Å². The molecule has 0 unspecified atom stereocenters. The van der Waals surface area contributed by atoms with Gasteiger partial charge in [-0.05, 0) is 12.1 Å². The fourth-order valence-electron chi connectivity index (χ4n) is 1.85. The van der Waals surface area contributed by atoms with E-state index >= 15 is 0 Å². The summed E-state index contributed by atoms with van der Waals surface area (Å²) in [6, 6.07) is 7.28. The number of benzene rings is 1. The molecule has 2 heterocycles. The lowest BCUT2D eigenvalue weighted by atomic mass is 10.1. The van der Waals surface area contributed by atoms with Gasteiger partial charge in [0.2, 0.25) is 5.82 Å². The van der Waals surface area contributed by atoms with Crippen LogP contribution < -0.4 is 5.32 Å². The normalized spacial score (nSPS) is 10.5. The molecule has 21 heavy (non-hydrogen) atoms. The van der Waals surface area contributed by atoms with Crippen LogP contribution in [0.3, 0.4) is 0 Å². The van der Waals surface area contributed by atoms with E-state index in [2.05, 4.69) is 25.5 Å². The van der Waals surface area contributed by atoms with Gasteiger partial charge >= 0.3 is 0 Å². The molecule has 0 radical (unpaired) electrons. The van der Waals surface area contributed by atoms with Gasteiger partial charge in [0.15, 0.2) is 12.2 Å². The van der Waals surface area contributed by atoms with Crippen molar-refractivity contribution in [3.8, 4) is 11.3 Å². The number of carbonyl (C=O) groups excluding carboxylic acids is 1. The van der Waals surface area contributed by atoms with E-state index in [0.717, 1.165) is 5.56 Å². The number of aryl methyl sites for hydroxylation is 1. The van der Waals surface area contributed by atoms with Crippen LogP contribution in [0.2, 0.25) is 0 Å². The summed E-state index contributed by atoms with van der Waals surface area (Å²) in [6.45, 7) is 1.93. The zero-order valence-corrected chi connectivity index (χ0v) is 11.3. The first-order valence-electron chi connectivity index (χ1n) is 6.48. The third-order valence-electron chi connectivity index (χ3n) is 2.91. The summed E-state index contributed by atoms with van der Waals surface area (Å²) in [5.41, 5.74) is 1.46. The van der Waals surface area contributed by atoms with Gasteiger partial charge in [0.25, 0.3) is 5.91 Å². The molecular formula is C14H13N5O2. The van der Waals surface area contributed by atoms with Crippen molar-refractivity contribution in [2.24, 2.45) is 0 Å². The first-order valence-corrected chi connectivity index (χ1v) is 6.48. The standard InChI is InChI=1S/C14H13N5O2/c1-2-12-17-13(19-18-12)14(20)16-10-5-3-4-9(6-10)11-7-15-8-21-11/h3-8H,2H2,1H3,(H,16,20)(H,17,18,19). The van der Waals surface area contributed by atoms with Crippen molar-refractivity contribution in [2.45, 2.75) is 13.3 Å². The lowest BCUT2D eigenvalue weighted by Crippen LogP contribution is -2.13. The molecule has 0 fully saturated rings. The molecule has 0 saturated carbocycles. The first-order chi connectivity index (χ1) is 10.3.